The first kappa shape index (κ1) is 18.9. The predicted molar refractivity (Wildman–Crippen MR) is 94.9 cm³/mol. The number of likely N-dealkylation sites (tertiary alicyclic amines) is 1. The van der Waals surface area contributed by atoms with Gasteiger partial charge in [0.1, 0.15) is 0 Å². The Bertz CT molecular complexity index is 624. The van der Waals surface area contributed by atoms with Crippen LogP contribution in [0.15, 0.2) is 0 Å². The molecule has 7 nitrogen and oxygen atoms in total. The van der Waals surface area contributed by atoms with Gasteiger partial charge in [-0.15, -0.1) is 11.8 Å². The fourth-order valence-corrected chi connectivity index (χ4v) is 4.17. The van der Waals surface area contributed by atoms with E-state index in [1.165, 1.54) is 13.7 Å². The van der Waals surface area contributed by atoms with Crippen molar-refractivity contribution in [3.05, 3.63) is 11.4 Å². The first-order valence-electron chi connectivity index (χ1n) is 7.84. The highest BCUT2D eigenvalue weighted by molar-refractivity contribution is 8.02. The van der Waals surface area contributed by atoms with Gasteiger partial charge in [-0.1, -0.05) is 8.53 Å². The maximum atomic E-state index is 12.0. The highest BCUT2D eigenvalue weighted by Gasteiger charge is 2.42. The molecule has 3 amide bonds. The van der Waals surface area contributed by atoms with Crippen LogP contribution in [0.2, 0.25) is 0 Å². The first-order valence-corrected chi connectivity index (χ1v) is 9.68. The van der Waals surface area contributed by atoms with Gasteiger partial charge in [0.2, 0.25) is 23.3 Å². The zero-order valence-electron chi connectivity index (χ0n) is 14.9. The van der Waals surface area contributed by atoms with Gasteiger partial charge in [0.25, 0.3) is 0 Å². The van der Waals surface area contributed by atoms with Crippen LogP contribution in [0.1, 0.15) is 32.6 Å². The van der Waals surface area contributed by atoms with Gasteiger partial charge in [0.05, 0.1) is 11.8 Å². The van der Waals surface area contributed by atoms with E-state index in [1.54, 1.807) is 6.92 Å². The number of imide groups is 1. The smallest absolute Gasteiger partial charge is 0.242 e. The molecule has 1 heterocycles. The molecule has 0 aliphatic carbocycles. The van der Waals surface area contributed by atoms with Crippen LogP contribution in [0.5, 0.6) is 0 Å². The van der Waals surface area contributed by atoms with Crippen LogP contribution in [0.4, 0.5) is 0 Å². The topological polar surface area (TPSA) is 102 Å². The summed E-state index contributed by atoms with van der Waals surface area (Å²) in [6.45, 7) is 10.6. The molecule has 1 rings (SSSR count). The average molecular weight is 373 g/mol. The second kappa shape index (κ2) is 8.59. The maximum Gasteiger partial charge on any atom is 0.242 e. The number of carbonyl (C=O) groups is 4. The maximum absolute atomic E-state index is 12.0. The lowest BCUT2D eigenvalue weighted by molar-refractivity contribution is -0.136. The zero-order valence-corrected chi connectivity index (χ0v) is 15.7. The van der Waals surface area contributed by atoms with E-state index in [0.717, 1.165) is 16.7 Å². The molecule has 0 saturated carbocycles. The minimum absolute atomic E-state index is 0.00989. The number of hydrogen-bond donors (Lipinski definition) is 1. The quantitative estimate of drug-likeness (QED) is 0.369. The molecule has 4 unspecified atom stereocenters. The Morgan fingerprint density at radius 1 is 1.62 bits per heavy atom. The Labute approximate surface area is 149 Å². The van der Waals surface area contributed by atoms with E-state index < -0.39 is 30.5 Å². The van der Waals surface area contributed by atoms with Crippen molar-refractivity contribution in [3.63, 3.8) is 0 Å². The predicted octanol–water partition coefficient (Wildman–Crippen LogP) is 1.01. The largest absolute Gasteiger partial charge is 0.369 e. The summed E-state index contributed by atoms with van der Waals surface area (Å²) in [5, 5.41) is -1.48. The molecule has 0 spiro atoms. The number of nitrogens with zero attached hydrogens (tertiary/aromatic N) is 2. The summed E-state index contributed by atoms with van der Waals surface area (Å²) >= 11 is 1.01. The molecule has 4 atom stereocenters. The molecule has 0 aromatic heterocycles. The van der Waals surface area contributed by atoms with Gasteiger partial charge in [0.15, 0.2) is 5.52 Å². The van der Waals surface area contributed by atoms with Gasteiger partial charge >= 0.3 is 0 Å². The SMILES string of the molecule is [3H]P(C)C(=O)CCC(C)(CC(SC1CC(=O)N(C)C1=O)C(N)=O)[N+]#[C-]. The molecule has 0 radical (unpaired) electrons. The second-order valence-corrected chi connectivity index (χ2v) is 8.30. The molecule has 2 N–H and O–H groups in total. The van der Waals surface area contributed by atoms with Crippen molar-refractivity contribution in [2.24, 2.45) is 5.73 Å². The molecular weight excluding hydrogens is 349 g/mol. The Morgan fingerprint density at radius 2 is 2.25 bits per heavy atom. The van der Waals surface area contributed by atoms with E-state index in [-0.39, 0.29) is 43.0 Å². The Balaban J connectivity index is 2.80. The summed E-state index contributed by atoms with van der Waals surface area (Å²) in [5.41, 5.74) is 4.23. The summed E-state index contributed by atoms with van der Waals surface area (Å²) in [6, 6.07) is 0. The van der Waals surface area contributed by atoms with Gasteiger partial charge in [0, 0.05) is 39.7 Å². The molecular formula is C15H22N3O4PS. The van der Waals surface area contributed by atoms with Crippen molar-refractivity contribution in [2.45, 2.75) is 48.6 Å². The van der Waals surface area contributed by atoms with Crippen molar-refractivity contribution in [3.8, 4) is 0 Å². The van der Waals surface area contributed by atoms with Crippen LogP contribution in [-0.2, 0) is 19.2 Å². The second-order valence-electron chi connectivity index (χ2n) is 5.94. The third-order valence-corrected chi connectivity index (χ3v) is 6.15. The van der Waals surface area contributed by atoms with Crippen LogP contribution in [0, 0.1) is 6.57 Å². The van der Waals surface area contributed by atoms with Crippen LogP contribution >= 0.6 is 20.3 Å². The van der Waals surface area contributed by atoms with E-state index in [4.69, 9.17) is 13.6 Å². The summed E-state index contributed by atoms with van der Waals surface area (Å²) in [4.78, 5) is 51.7. The molecule has 1 saturated heterocycles. The number of primary amides is 1. The fourth-order valence-electron chi connectivity index (χ4n) is 2.33. The number of carbonyl (C=O) groups excluding carboxylic acids is 4. The number of nitrogens with two attached hydrogens (primary N) is 1. The zero-order chi connectivity index (χ0) is 19.4. The minimum Gasteiger partial charge on any atom is -0.369 e. The molecule has 1 aliphatic rings. The fraction of sp³-hybridized carbons (Fsp3) is 0.667. The van der Waals surface area contributed by atoms with Gasteiger partial charge in [-0.25, -0.2) is 6.57 Å². The van der Waals surface area contributed by atoms with Gasteiger partial charge in [-0.3, -0.25) is 24.1 Å². The third kappa shape index (κ3) is 5.29. The number of thioether (sulfide) groups is 1. The van der Waals surface area contributed by atoms with Crippen LogP contribution in [-0.4, -0.2) is 59.2 Å². The lowest BCUT2D eigenvalue weighted by Gasteiger charge is -2.23. The number of amides is 3. The molecule has 0 aromatic rings. The molecule has 0 bridgehead atoms. The van der Waals surface area contributed by atoms with E-state index in [1.807, 2.05) is 0 Å². The van der Waals surface area contributed by atoms with Crippen LogP contribution in [0.3, 0.4) is 0 Å². The van der Waals surface area contributed by atoms with Crippen molar-refractivity contribution in [1.29, 1.82) is 1.28 Å². The third-order valence-electron chi connectivity index (χ3n) is 4.01. The highest BCUT2D eigenvalue weighted by Crippen LogP contribution is 2.35. The van der Waals surface area contributed by atoms with Gasteiger partial charge in [-0.05, 0) is 6.66 Å². The van der Waals surface area contributed by atoms with Crippen LogP contribution < -0.4 is 5.73 Å². The van der Waals surface area contributed by atoms with Crippen molar-refractivity contribution in [2.75, 3.05) is 13.7 Å². The van der Waals surface area contributed by atoms with Crippen molar-refractivity contribution < 1.29 is 19.2 Å². The van der Waals surface area contributed by atoms with E-state index >= 15 is 0 Å². The number of hydrogen-bond acceptors (Lipinski definition) is 5. The van der Waals surface area contributed by atoms with Crippen LogP contribution in [0.25, 0.3) is 4.85 Å². The first-order chi connectivity index (χ1) is 11.5. The molecule has 24 heavy (non-hydrogen) atoms. The normalized spacial score (nSPS) is 23.2. The summed E-state index contributed by atoms with van der Waals surface area (Å²) in [5.74, 6) is -1.33. The molecule has 0 aromatic carbocycles. The average Bonchev–Trinajstić information content (AvgIpc) is 2.78. The Morgan fingerprint density at radius 3 is 2.67 bits per heavy atom. The van der Waals surface area contributed by atoms with E-state index in [2.05, 4.69) is 4.85 Å². The Kier molecular flexibility index (Phi) is 6.76. The number of rotatable bonds is 9. The van der Waals surface area contributed by atoms with Crippen molar-refractivity contribution in [1.82, 2.24) is 4.90 Å². The lowest BCUT2D eigenvalue weighted by atomic mass is 9.91. The highest BCUT2D eigenvalue weighted by atomic mass is 32.2. The van der Waals surface area contributed by atoms with Crippen molar-refractivity contribution >= 4 is 43.5 Å². The minimum atomic E-state index is -1.46. The standard InChI is InChI=1S/C15H22N3O4PS/c1-15(17-2,6-5-12(20)23-4)8-10(13(16)21)24-9-7-11(19)18(3)14(9)22/h9-10,23H,5-8H2,1,3-4H3,(H2,16,21)/i23T. The van der Waals surface area contributed by atoms with E-state index in [9.17, 15) is 19.2 Å². The summed E-state index contributed by atoms with van der Waals surface area (Å²) < 4.78 is 7.45. The monoisotopic (exact) mass is 373 g/mol. The molecule has 9 heteroatoms. The summed E-state index contributed by atoms with van der Waals surface area (Å²) in [6.07, 6.45) is 0.425. The van der Waals surface area contributed by atoms with Gasteiger partial charge < -0.3 is 10.6 Å². The molecule has 1 fully saturated rings. The molecule has 132 valence electrons. The Hall–Kier alpha value is -1.45. The summed E-state index contributed by atoms with van der Waals surface area (Å²) in [7, 11) is -0.0637. The lowest BCUT2D eigenvalue weighted by Crippen LogP contribution is -2.36. The molecule has 1 aliphatic heterocycles. The van der Waals surface area contributed by atoms with Gasteiger partial charge in [-0.2, -0.15) is 0 Å². The van der Waals surface area contributed by atoms with E-state index in [0.29, 0.717) is 0 Å².